The third-order valence-corrected chi connectivity index (χ3v) is 13.2. The number of imide groups is 1. The molecule has 0 unspecified atom stereocenters. The molecule has 252 valence electrons. The Morgan fingerprint density at radius 2 is 1.27 bits per heavy atom. The summed E-state index contributed by atoms with van der Waals surface area (Å²) in [5.41, 5.74) is -0.282. The minimum absolute atomic E-state index is 0.000199. The van der Waals surface area contributed by atoms with Gasteiger partial charge in [-0.25, -0.2) is 9.80 Å². The van der Waals surface area contributed by atoms with E-state index in [4.69, 9.17) is 74.3 Å². The van der Waals surface area contributed by atoms with Gasteiger partial charge >= 0.3 is 5.97 Å². The monoisotopic (exact) mass is 847 g/mol. The predicted octanol–water partition coefficient (Wildman–Crippen LogP) is 7.26. The average molecular weight is 851 g/mol. The average Bonchev–Trinajstić information content (AvgIpc) is 3.46. The van der Waals surface area contributed by atoms with E-state index in [1.54, 1.807) is 24.3 Å². The molecule has 2 bridgehead atoms. The minimum Gasteiger partial charge on any atom is -0.423 e. The number of rotatable bonds is 8. The molecule has 4 atom stereocenters. The van der Waals surface area contributed by atoms with E-state index >= 15 is 0 Å². The molecule has 0 spiro atoms. The van der Waals surface area contributed by atoms with Crippen molar-refractivity contribution in [3.05, 3.63) is 114 Å². The Balaban J connectivity index is 1.32. The normalized spacial score (nSPS) is 25.0. The lowest BCUT2D eigenvalue weighted by atomic mass is 9.84. The molecule has 3 aromatic carbocycles. The number of hydrazine groups is 1. The van der Waals surface area contributed by atoms with E-state index < -0.39 is 66.9 Å². The number of alkyl halides is 4. The quantitative estimate of drug-likeness (QED) is 0.0438. The molecular weight excluding hydrogens is 835 g/mol. The number of non-ortho nitro benzene ring substituents is 1. The molecule has 1 saturated heterocycles. The number of carbonyl (C=O) groups excluding carboxylic acids is 5. The van der Waals surface area contributed by atoms with Crippen molar-refractivity contribution in [2.45, 2.75) is 14.1 Å². The van der Waals surface area contributed by atoms with Crippen molar-refractivity contribution in [1.82, 2.24) is 10.0 Å². The molecule has 3 aliphatic rings. The number of Topliss-reactive ketones (excluding diaryl/α,β-unsaturated/α-hetero) is 1. The van der Waals surface area contributed by atoms with Crippen molar-refractivity contribution in [2.75, 3.05) is 6.54 Å². The summed E-state index contributed by atoms with van der Waals surface area (Å²) in [5.74, 6) is -7.78. The third kappa shape index (κ3) is 5.26. The summed E-state index contributed by atoms with van der Waals surface area (Å²) in [6.07, 6.45) is 0. The predicted molar refractivity (Wildman–Crippen MR) is 183 cm³/mol. The number of fused-ring (bicyclic) bond motifs is 5. The standard InChI is InChI=1S/C31H16BrCl6N3O8/c32-17-7-1-16(2-8-17)28(46)49-19-11-5-14(6-12-19)20(42)13-39(25(43)15-3-9-18(10-4-15)41(47)48)40-26(44)21-22(27(40)45)30(36)24(34)23(33)29(21,35)31(30,37)38/h1-12,21-22H,13H2/t21-,22+,29-,30-/m1/s1. The number of hydrogen-bond donors (Lipinski definition) is 0. The van der Waals surface area contributed by atoms with Crippen LogP contribution in [0.25, 0.3) is 0 Å². The summed E-state index contributed by atoms with van der Waals surface area (Å²) >= 11 is 42.8. The van der Waals surface area contributed by atoms with Crippen LogP contribution in [-0.2, 0) is 9.59 Å². The Morgan fingerprint density at radius 3 is 1.76 bits per heavy atom. The van der Waals surface area contributed by atoms with Gasteiger partial charge in [0.1, 0.15) is 22.0 Å². The molecule has 6 rings (SSSR count). The molecule has 11 nitrogen and oxygen atoms in total. The zero-order valence-electron chi connectivity index (χ0n) is 24.0. The lowest BCUT2D eigenvalue weighted by Gasteiger charge is -2.36. The van der Waals surface area contributed by atoms with Crippen molar-refractivity contribution in [1.29, 1.82) is 0 Å². The first kappa shape index (κ1) is 35.6. The fourth-order valence-corrected chi connectivity index (χ4v) is 9.21. The molecule has 18 heteroatoms. The zero-order chi connectivity index (χ0) is 35.8. The topological polar surface area (TPSA) is 144 Å². The molecule has 1 aliphatic heterocycles. The van der Waals surface area contributed by atoms with Gasteiger partial charge in [-0.15, -0.1) is 23.2 Å². The summed E-state index contributed by atoms with van der Waals surface area (Å²) in [6, 6.07) is 16.0. The third-order valence-electron chi connectivity index (χ3n) is 8.45. The van der Waals surface area contributed by atoms with Gasteiger partial charge in [-0.3, -0.25) is 29.3 Å². The highest BCUT2D eigenvalue weighted by molar-refractivity contribution is 9.10. The summed E-state index contributed by atoms with van der Waals surface area (Å²) in [5, 5.41) is 11.5. The van der Waals surface area contributed by atoms with Gasteiger partial charge in [0.25, 0.3) is 23.4 Å². The molecule has 3 aromatic rings. The molecule has 0 N–H and O–H groups in total. The van der Waals surface area contributed by atoms with Crippen LogP contribution in [0.15, 0.2) is 87.3 Å². The highest BCUT2D eigenvalue weighted by Crippen LogP contribution is 2.77. The van der Waals surface area contributed by atoms with Crippen LogP contribution in [0, 0.1) is 22.0 Å². The Bertz CT molecular complexity index is 1960. The van der Waals surface area contributed by atoms with Gasteiger partial charge in [0.05, 0.1) is 32.4 Å². The lowest BCUT2D eigenvalue weighted by molar-refractivity contribution is -0.384. The van der Waals surface area contributed by atoms with Crippen molar-refractivity contribution in [3.8, 4) is 5.75 Å². The van der Waals surface area contributed by atoms with Crippen molar-refractivity contribution >= 4 is 121 Å². The summed E-state index contributed by atoms with van der Waals surface area (Å²) < 4.78 is 3.89. The molecular formula is C31H16BrCl6N3O8. The summed E-state index contributed by atoms with van der Waals surface area (Å²) in [4.78, 5) is 74.4. The van der Waals surface area contributed by atoms with E-state index in [-0.39, 0.29) is 38.2 Å². The van der Waals surface area contributed by atoms with Crippen LogP contribution in [0.1, 0.15) is 31.1 Å². The summed E-state index contributed by atoms with van der Waals surface area (Å²) in [7, 11) is 0. The van der Waals surface area contributed by atoms with Crippen LogP contribution in [0.2, 0.25) is 0 Å². The maximum absolute atomic E-state index is 14.1. The largest absolute Gasteiger partial charge is 0.423 e. The molecule has 2 aliphatic carbocycles. The number of esters is 1. The number of nitro groups is 1. The molecule has 1 saturated carbocycles. The van der Waals surface area contributed by atoms with Gasteiger partial charge in [0.2, 0.25) is 0 Å². The summed E-state index contributed by atoms with van der Waals surface area (Å²) in [6.45, 7) is -0.892. The van der Waals surface area contributed by atoms with Gasteiger partial charge in [0, 0.05) is 27.7 Å². The second kappa shape index (κ2) is 12.5. The lowest BCUT2D eigenvalue weighted by Crippen LogP contribution is -2.56. The Kier molecular flexibility index (Phi) is 9.09. The van der Waals surface area contributed by atoms with Crippen LogP contribution >= 0.6 is 85.5 Å². The highest BCUT2D eigenvalue weighted by atomic mass is 79.9. The van der Waals surface area contributed by atoms with Gasteiger partial charge in [-0.1, -0.05) is 62.3 Å². The molecule has 2 fully saturated rings. The fraction of sp³-hybridized carbons (Fsp3) is 0.194. The number of halogens is 7. The van der Waals surface area contributed by atoms with Crippen LogP contribution in [-0.4, -0.2) is 65.0 Å². The van der Waals surface area contributed by atoms with Crippen LogP contribution in [0.5, 0.6) is 5.75 Å². The number of ether oxygens (including phenoxy) is 1. The zero-order valence-corrected chi connectivity index (χ0v) is 30.2. The van der Waals surface area contributed by atoms with Gasteiger partial charge < -0.3 is 4.74 Å². The number of allylic oxidation sites excluding steroid dienone is 2. The van der Waals surface area contributed by atoms with Crippen LogP contribution in [0.3, 0.4) is 0 Å². The maximum atomic E-state index is 14.1. The number of benzene rings is 3. The fourth-order valence-electron chi connectivity index (χ4n) is 6.01. The molecule has 1 heterocycles. The first-order chi connectivity index (χ1) is 23.0. The van der Waals surface area contributed by atoms with Crippen LogP contribution in [0.4, 0.5) is 5.69 Å². The van der Waals surface area contributed by atoms with E-state index in [9.17, 15) is 34.1 Å². The number of nitro benzene ring substituents is 1. The Hall–Kier alpha value is -3.23. The van der Waals surface area contributed by atoms with Crippen molar-refractivity contribution in [2.24, 2.45) is 11.8 Å². The number of nitrogens with zero attached hydrogens (tertiary/aromatic N) is 3. The van der Waals surface area contributed by atoms with E-state index in [0.29, 0.717) is 10.0 Å². The smallest absolute Gasteiger partial charge is 0.343 e. The maximum Gasteiger partial charge on any atom is 0.343 e. The highest BCUT2D eigenvalue weighted by Gasteiger charge is 2.88. The number of carbonyl (C=O) groups is 5. The van der Waals surface area contributed by atoms with Gasteiger partial charge in [-0.2, -0.15) is 5.01 Å². The second-order valence-corrected chi connectivity index (χ2v) is 15.3. The molecule has 0 radical (unpaired) electrons. The van der Waals surface area contributed by atoms with Crippen LogP contribution < -0.4 is 4.74 Å². The Labute approximate surface area is 314 Å². The SMILES string of the molecule is O=C(CN(C(=O)c1ccc([N+](=O)[O-])cc1)N1C(=O)[C@@H]2[C@H](C1=O)[C@@]1(Cl)C(Cl)=C(Cl)[C@@]2(Cl)C1(Cl)Cl)c1ccc(OC(=O)c2ccc(Br)cc2)cc1. The van der Waals surface area contributed by atoms with Gasteiger partial charge in [-0.05, 0) is 60.7 Å². The van der Waals surface area contributed by atoms with E-state index in [2.05, 4.69) is 15.9 Å². The first-order valence-electron chi connectivity index (χ1n) is 13.8. The van der Waals surface area contributed by atoms with E-state index in [0.717, 1.165) is 28.7 Å². The second-order valence-electron chi connectivity index (χ2n) is 11.1. The molecule has 49 heavy (non-hydrogen) atoms. The Morgan fingerprint density at radius 1 is 0.796 bits per heavy atom. The van der Waals surface area contributed by atoms with E-state index in [1.165, 1.54) is 24.3 Å². The van der Waals surface area contributed by atoms with Crippen molar-refractivity contribution < 1.29 is 33.6 Å². The van der Waals surface area contributed by atoms with E-state index in [1.807, 2.05) is 0 Å². The van der Waals surface area contributed by atoms with Gasteiger partial charge in [0.15, 0.2) is 10.1 Å². The number of amides is 3. The molecule has 3 amide bonds. The number of ketones is 1. The minimum atomic E-state index is -2.24. The van der Waals surface area contributed by atoms with Crippen molar-refractivity contribution in [3.63, 3.8) is 0 Å². The molecule has 0 aromatic heterocycles. The first-order valence-corrected chi connectivity index (χ1v) is 16.9. The number of hydrogen-bond acceptors (Lipinski definition) is 8.